The molecule has 0 aromatic carbocycles. The minimum absolute atomic E-state index is 0.263. The topological polar surface area (TPSA) is 0 Å². The molecule has 0 spiro atoms. The van der Waals surface area contributed by atoms with Gasteiger partial charge in [-0.05, 0) is 47.3 Å². The molecule has 0 radical (unpaired) electrons. The third-order valence-electron chi connectivity index (χ3n) is 5.88. The van der Waals surface area contributed by atoms with Crippen molar-refractivity contribution in [1.82, 2.24) is 0 Å². The van der Waals surface area contributed by atoms with Crippen molar-refractivity contribution in [1.29, 1.82) is 0 Å². The summed E-state index contributed by atoms with van der Waals surface area (Å²) in [6.45, 7) is 0. The van der Waals surface area contributed by atoms with Crippen molar-refractivity contribution < 1.29 is 0 Å². The van der Waals surface area contributed by atoms with Gasteiger partial charge in [-0.25, -0.2) is 0 Å². The molecule has 5 aliphatic rings. The van der Waals surface area contributed by atoms with Crippen molar-refractivity contribution >= 4 is 63.7 Å². The van der Waals surface area contributed by atoms with E-state index in [1.807, 2.05) is 0 Å². The maximum absolute atomic E-state index is 3.90. The molecule has 8 atom stereocenters. The van der Waals surface area contributed by atoms with Crippen molar-refractivity contribution in [3.8, 4) is 0 Å². The highest BCUT2D eigenvalue weighted by atomic mass is 79.9. The monoisotopic (exact) mass is 470 g/mol. The predicted octanol–water partition coefficient (Wildman–Crippen LogP) is 4.51. The summed E-state index contributed by atoms with van der Waals surface area (Å²) < 4.78 is 0.525. The Morgan fingerprint density at radius 1 is 0.625 bits per heavy atom. The Morgan fingerprint density at radius 3 is 1.50 bits per heavy atom. The molecule has 0 aromatic rings. The highest BCUT2D eigenvalue weighted by Crippen LogP contribution is 2.88. The fraction of sp³-hybridized carbons (Fsp3) is 0.833. The predicted molar refractivity (Wildman–Crippen MR) is 78.2 cm³/mol. The van der Waals surface area contributed by atoms with Crippen molar-refractivity contribution in [2.45, 2.75) is 6.47 Å². The Labute approximate surface area is 129 Å². The molecule has 0 amide bonds. The second-order valence-electron chi connectivity index (χ2n) is 6.15. The molecule has 0 N–H and O–H groups in total. The van der Waals surface area contributed by atoms with E-state index in [2.05, 4.69) is 75.9 Å². The summed E-state index contributed by atoms with van der Waals surface area (Å²) in [5.41, 5.74) is 0. The van der Waals surface area contributed by atoms with Gasteiger partial charge in [0.05, 0.1) is 6.47 Å². The van der Waals surface area contributed by atoms with Crippen LogP contribution in [0.3, 0.4) is 0 Å². The fourth-order valence-electron chi connectivity index (χ4n) is 5.44. The molecule has 0 saturated heterocycles. The van der Waals surface area contributed by atoms with Crippen molar-refractivity contribution in [2.24, 2.45) is 47.3 Å². The van der Waals surface area contributed by atoms with Crippen molar-refractivity contribution in [3.63, 3.8) is 0 Å². The Balaban J connectivity index is 1.66. The average Bonchev–Trinajstić information content (AvgIpc) is 2.80. The van der Waals surface area contributed by atoms with Crippen LogP contribution in [0.25, 0.3) is 0 Å². The lowest BCUT2D eigenvalue weighted by atomic mass is 9.82. The van der Waals surface area contributed by atoms with Gasteiger partial charge < -0.3 is 0 Å². The Kier molecular flexibility index (Phi) is 1.70. The molecular formula is C12H10Br4. The smallest absolute Gasteiger partial charge is 0.0844 e. The van der Waals surface area contributed by atoms with Crippen LogP contribution >= 0.6 is 63.7 Å². The SMILES string of the molecule is BrC1(Br)[C@@H]2[C@@H]3C=C[C@@H]4C3C([C@@H]21)[C@H]1[C@H]4C1(Br)Br. The Bertz CT molecular complexity index is 402. The molecule has 0 bridgehead atoms. The molecule has 2 unspecified atom stereocenters. The molecule has 0 heterocycles. The van der Waals surface area contributed by atoms with Gasteiger partial charge in [-0.15, -0.1) is 0 Å². The molecular weight excluding hydrogens is 464 g/mol. The van der Waals surface area contributed by atoms with Crippen LogP contribution in [0.1, 0.15) is 0 Å². The zero-order valence-electron chi connectivity index (χ0n) is 8.29. The van der Waals surface area contributed by atoms with Crippen LogP contribution in [0.2, 0.25) is 0 Å². The second-order valence-corrected chi connectivity index (χ2v) is 13.5. The highest BCUT2D eigenvalue weighted by molar-refractivity contribution is 9.26. The first-order valence-corrected chi connectivity index (χ1v) is 9.08. The number of halogens is 4. The first kappa shape index (κ1) is 10.4. The number of alkyl halides is 4. The quantitative estimate of drug-likeness (QED) is 0.359. The average molecular weight is 474 g/mol. The molecule has 0 nitrogen and oxygen atoms in total. The number of hydrogen-bond acceptors (Lipinski definition) is 0. The van der Waals surface area contributed by atoms with E-state index in [-0.39, 0.29) is 6.47 Å². The lowest BCUT2D eigenvalue weighted by Crippen LogP contribution is -2.27. The maximum atomic E-state index is 3.90. The first-order chi connectivity index (χ1) is 7.47. The van der Waals surface area contributed by atoms with E-state index < -0.39 is 0 Å². The van der Waals surface area contributed by atoms with Gasteiger partial charge in [0, 0.05) is 0 Å². The van der Waals surface area contributed by atoms with Gasteiger partial charge in [-0.2, -0.15) is 0 Å². The summed E-state index contributed by atoms with van der Waals surface area (Å²) in [6, 6.07) is 0. The normalized spacial score (nSPS) is 68.8. The van der Waals surface area contributed by atoms with Gasteiger partial charge in [-0.1, -0.05) is 75.9 Å². The van der Waals surface area contributed by atoms with E-state index in [0.29, 0.717) is 0 Å². The Morgan fingerprint density at radius 2 is 1.06 bits per heavy atom. The standard InChI is InChI=1S/C12H10Br4/c13-11(14)7-3-1-2-4-5(3)6(9(7)11)10-8(4)12(10,15)16/h1-10H/t3-,4-,5?,6?,7-,8+,9+,10+/m1/s1. The maximum Gasteiger partial charge on any atom is 0.0877 e. The molecule has 0 aliphatic heterocycles. The van der Waals surface area contributed by atoms with Crippen molar-refractivity contribution in [3.05, 3.63) is 12.2 Å². The summed E-state index contributed by atoms with van der Waals surface area (Å²) in [6.07, 6.45) is 5.03. The molecule has 0 aromatic heterocycles. The molecule has 16 heavy (non-hydrogen) atoms. The van der Waals surface area contributed by atoms with Crippen LogP contribution in [0.4, 0.5) is 0 Å². The van der Waals surface area contributed by atoms with Gasteiger partial charge in [0.25, 0.3) is 0 Å². The summed E-state index contributed by atoms with van der Waals surface area (Å²) in [5.74, 6) is 7.00. The summed E-state index contributed by atoms with van der Waals surface area (Å²) in [5, 5.41) is 0. The Hall–Kier alpha value is 1.66. The first-order valence-electron chi connectivity index (χ1n) is 5.91. The summed E-state index contributed by atoms with van der Waals surface area (Å²) in [7, 11) is 0. The van der Waals surface area contributed by atoms with Gasteiger partial charge in [0.15, 0.2) is 0 Å². The zero-order chi connectivity index (χ0) is 11.0. The number of rotatable bonds is 0. The summed E-state index contributed by atoms with van der Waals surface area (Å²) in [4.78, 5) is 0. The fourth-order valence-corrected chi connectivity index (χ4v) is 9.63. The van der Waals surface area contributed by atoms with E-state index in [1.54, 1.807) is 0 Å². The minimum atomic E-state index is 0.263. The minimum Gasteiger partial charge on any atom is -0.0844 e. The number of hydrogen-bond donors (Lipinski definition) is 0. The van der Waals surface area contributed by atoms with Crippen LogP contribution in [-0.2, 0) is 0 Å². The molecule has 4 heteroatoms. The van der Waals surface area contributed by atoms with E-state index in [1.165, 1.54) is 0 Å². The molecule has 4 saturated carbocycles. The van der Waals surface area contributed by atoms with Crippen LogP contribution in [0.5, 0.6) is 0 Å². The number of fused-ring (bicyclic) bond motifs is 6. The van der Waals surface area contributed by atoms with E-state index >= 15 is 0 Å². The van der Waals surface area contributed by atoms with Crippen LogP contribution in [0, 0.1) is 47.3 Å². The largest absolute Gasteiger partial charge is 0.0877 e. The van der Waals surface area contributed by atoms with E-state index in [4.69, 9.17) is 0 Å². The van der Waals surface area contributed by atoms with Crippen LogP contribution < -0.4 is 0 Å². The lowest BCUT2D eigenvalue weighted by Gasteiger charge is -2.28. The van der Waals surface area contributed by atoms with Gasteiger partial charge in [0.2, 0.25) is 0 Å². The molecule has 4 fully saturated rings. The third-order valence-corrected chi connectivity index (χ3v) is 10.1. The van der Waals surface area contributed by atoms with Crippen molar-refractivity contribution in [2.75, 3.05) is 0 Å². The molecule has 5 rings (SSSR count). The van der Waals surface area contributed by atoms with Crippen LogP contribution in [-0.4, -0.2) is 6.47 Å². The van der Waals surface area contributed by atoms with Gasteiger partial charge >= 0.3 is 0 Å². The third kappa shape index (κ3) is 0.857. The lowest BCUT2D eigenvalue weighted by molar-refractivity contribution is 0.275. The molecule has 86 valence electrons. The highest BCUT2D eigenvalue weighted by Gasteiger charge is 2.86. The van der Waals surface area contributed by atoms with Gasteiger partial charge in [-0.3, -0.25) is 0 Å². The van der Waals surface area contributed by atoms with Crippen LogP contribution in [0.15, 0.2) is 12.2 Å². The second kappa shape index (κ2) is 2.60. The number of allylic oxidation sites excluding steroid dienone is 2. The van der Waals surface area contributed by atoms with Gasteiger partial charge in [0.1, 0.15) is 0 Å². The molecule has 5 aliphatic carbocycles. The zero-order valence-corrected chi connectivity index (χ0v) is 14.6. The van der Waals surface area contributed by atoms with E-state index in [9.17, 15) is 0 Å². The summed E-state index contributed by atoms with van der Waals surface area (Å²) >= 11 is 15.6. The van der Waals surface area contributed by atoms with E-state index in [0.717, 1.165) is 47.3 Å².